The Morgan fingerprint density at radius 1 is 1.14 bits per heavy atom. The standard InChI is InChI=1S/C21H19ClN6O7/c1-12(29)24-18-8-14(27(10-19(30)34-2)11-20(31)35-3)4-5-17(18)25-26-21-13(9-23)6-15(28(32)33)7-16(21)22/h4-8H,10-11H2,1-3H3,(H,24,29). The van der Waals surface area contributed by atoms with Crippen molar-refractivity contribution in [2.45, 2.75) is 6.92 Å². The van der Waals surface area contributed by atoms with Crippen molar-refractivity contribution in [3.05, 3.63) is 51.0 Å². The molecule has 14 heteroatoms. The topological polar surface area (TPSA) is 177 Å². The number of halogens is 1. The van der Waals surface area contributed by atoms with E-state index in [-0.39, 0.29) is 46.4 Å². The highest BCUT2D eigenvalue weighted by atomic mass is 35.5. The van der Waals surface area contributed by atoms with Gasteiger partial charge in [0.2, 0.25) is 5.91 Å². The van der Waals surface area contributed by atoms with Crippen LogP contribution >= 0.6 is 11.6 Å². The minimum atomic E-state index is -0.699. The molecule has 182 valence electrons. The van der Waals surface area contributed by atoms with Crippen LogP contribution in [0.2, 0.25) is 5.02 Å². The molecule has 2 aromatic carbocycles. The fourth-order valence-electron chi connectivity index (χ4n) is 2.76. The summed E-state index contributed by atoms with van der Waals surface area (Å²) in [5.74, 6) is -1.68. The van der Waals surface area contributed by atoms with E-state index in [4.69, 9.17) is 11.6 Å². The second-order valence-electron chi connectivity index (χ2n) is 6.78. The van der Waals surface area contributed by atoms with Crippen LogP contribution in [-0.2, 0) is 23.9 Å². The van der Waals surface area contributed by atoms with Crippen molar-refractivity contribution in [2.24, 2.45) is 10.2 Å². The van der Waals surface area contributed by atoms with Gasteiger partial charge < -0.3 is 19.7 Å². The van der Waals surface area contributed by atoms with E-state index < -0.39 is 22.8 Å². The number of ether oxygens (including phenoxy) is 2. The summed E-state index contributed by atoms with van der Waals surface area (Å²) < 4.78 is 9.33. The number of hydrogen-bond acceptors (Lipinski definition) is 11. The zero-order chi connectivity index (χ0) is 26.1. The summed E-state index contributed by atoms with van der Waals surface area (Å²) in [4.78, 5) is 47.0. The quantitative estimate of drug-likeness (QED) is 0.232. The number of nitriles is 1. The fraction of sp³-hybridized carbons (Fsp3) is 0.238. The van der Waals surface area contributed by atoms with Crippen LogP contribution in [0, 0.1) is 21.4 Å². The predicted octanol–water partition coefficient (Wildman–Crippen LogP) is 3.65. The lowest BCUT2D eigenvalue weighted by Gasteiger charge is -2.23. The van der Waals surface area contributed by atoms with Crippen molar-refractivity contribution in [1.82, 2.24) is 0 Å². The molecule has 0 radical (unpaired) electrons. The minimum Gasteiger partial charge on any atom is -0.468 e. The second-order valence-corrected chi connectivity index (χ2v) is 7.19. The van der Waals surface area contributed by atoms with Crippen LogP contribution in [0.4, 0.5) is 28.4 Å². The van der Waals surface area contributed by atoms with E-state index in [2.05, 4.69) is 25.0 Å². The lowest BCUT2D eigenvalue weighted by Crippen LogP contribution is -2.35. The molecular weight excluding hydrogens is 484 g/mol. The Kier molecular flexibility index (Phi) is 9.19. The summed E-state index contributed by atoms with van der Waals surface area (Å²) in [6, 6.07) is 8.22. The molecule has 2 rings (SSSR count). The van der Waals surface area contributed by atoms with Gasteiger partial charge in [-0.1, -0.05) is 11.6 Å². The Hall–Kier alpha value is -4.57. The first kappa shape index (κ1) is 26.7. The molecule has 0 unspecified atom stereocenters. The third-order valence-electron chi connectivity index (χ3n) is 4.39. The number of azo groups is 1. The van der Waals surface area contributed by atoms with Crippen molar-refractivity contribution in [2.75, 3.05) is 37.5 Å². The Labute approximate surface area is 204 Å². The first-order valence-electron chi connectivity index (χ1n) is 9.69. The number of amides is 1. The minimum absolute atomic E-state index is 0.101. The van der Waals surface area contributed by atoms with Gasteiger partial charge in [-0.15, -0.1) is 10.2 Å². The van der Waals surface area contributed by atoms with E-state index in [9.17, 15) is 29.8 Å². The molecule has 0 heterocycles. The highest BCUT2D eigenvalue weighted by Crippen LogP contribution is 2.36. The van der Waals surface area contributed by atoms with Crippen LogP contribution in [0.25, 0.3) is 0 Å². The van der Waals surface area contributed by atoms with Gasteiger partial charge in [-0.3, -0.25) is 24.5 Å². The van der Waals surface area contributed by atoms with Gasteiger partial charge in [0.15, 0.2) is 0 Å². The van der Waals surface area contributed by atoms with Gasteiger partial charge in [-0.25, -0.2) is 0 Å². The van der Waals surface area contributed by atoms with E-state index >= 15 is 0 Å². The zero-order valence-electron chi connectivity index (χ0n) is 18.8. The molecule has 0 spiro atoms. The monoisotopic (exact) mass is 502 g/mol. The molecule has 0 aliphatic rings. The Bertz CT molecular complexity index is 1220. The first-order chi connectivity index (χ1) is 16.6. The summed E-state index contributed by atoms with van der Waals surface area (Å²) in [7, 11) is 2.40. The second kappa shape index (κ2) is 12.1. The summed E-state index contributed by atoms with van der Waals surface area (Å²) in [5, 5.41) is 30.7. The molecule has 0 saturated carbocycles. The molecule has 0 atom stereocenters. The molecule has 0 aliphatic heterocycles. The summed E-state index contributed by atoms with van der Waals surface area (Å²) in [6.45, 7) is 0.695. The smallest absolute Gasteiger partial charge is 0.325 e. The van der Waals surface area contributed by atoms with Crippen molar-refractivity contribution in [3.8, 4) is 6.07 Å². The molecule has 0 bridgehead atoms. The van der Waals surface area contributed by atoms with Gasteiger partial charge in [-0.05, 0) is 18.2 Å². The van der Waals surface area contributed by atoms with Gasteiger partial charge in [0, 0.05) is 24.7 Å². The highest BCUT2D eigenvalue weighted by Gasteiger charge is 2.19. The number of carbonyl (C=O) groups excluding carboxylic acids is 3. The molecule has 1 amide bonds. The molecular formula is C21H19ClN6O7. The van der Waals surface area contributed by atoms with Gasteiger partial charge in [-0.2, -0.15) is 5.26 Å². The lowest BCUT2D eigenvalue weighted by atomic mass is 10.2. The van der Waals surface area contributed by atoms with Crippen LogP contribution in [-0.4, -0.2) is 50.1 Å². The molecule has 0 saturated heterocycles. The average molecular weight is 503 g/mol. The molecule has 1 N–H and O–H groups in total. The number of esters is 2. The molecule has 0 aromatic heterocycles. The van der Waals surface area contributed by atoms with Gasteiger partial charge >= 0.3 is 11.9 Å². The van der Waals surface area contributed by atoms with Crippen LogP contribution in [0.15, 0.2) is 40.6 Å². The number of nitrogens with one attached hydrogen (secondary N) is 1. The number of hydrogen-bond donors (Lipinski definition) is 1. The lowest BCUT2D eigenvalue weighted by molar-refractivity contribution is -0.384. The summed E-state index contributed by atoms with van der Waals surface area (Å²) in [6.07, 6.45) is 0. The SMILES string of the molecule is COC(=O)CN(CC(=O)OC)c1ccc(N=Nc2c(Cl)cc([N+](=O)[O-])cc2C#N)c(NC(C)=O)c1. The van der Waals surface area contributed by atoms with E-state index in [0.717, 1.165) is 12.1 Å². The Morgan fingerprint density at radius 3 is 2.29 bits per heavy atom. The van der Waals surface area contributed by atoms with E-state index in [1.54, 1.807) is 6.07 Å². The third-order valence-corrected chi connectivity index (χ3v) is 4.68. The largest absolute Gasteiger partial charge is 0.468 e. The Morgan fingerprint density at radius 2 is 1.77 bits per heavy atom. The number of anilines is 2. The van der Waals surface area contributed by atoms with Crippen LogP contribution < -0.4 is 10.2 Å². The highest BCUT2D eigenvalue weighted by molar-refractivity contribution is 6.33. The van der Waals surface area contributed by atoms with Crippen LogP contribution in [0.1, 0.15) is 12.5 Å². The predicted molar refractivity (Wildman–Crippen MR) is 124 cm³/mol. The van der Waals surface area contributed by atoms with Gasteiger partial charge in [0.05, 0.1) is 35.4 Å². The molecule has 13 nitrogen and oxygen atoms in total. The fourth-order valence-corrected chi connectivity index (χ4v) is 3.01. The number of rotatable bonds is 9. The third kappa shape index (κ3) is 7.21. The number of benzene rings is 2. The zero-order valence-corrected chi connectivity index (χ0v) is 19.5. The van der Waals surface area contributed by atoms with Gasteiger partial charge in [0.25, 0.3) is 5.69 Å². The maximum atomic E-state index is 11.8. The molecule has 35 heavy (non-hydrogen) atoms. The summed E-state index contributed by atoms with van der Waals surface area (Å²) in [5.41, 5.74) is -0.00310. The number of methoxy groups -OCH3 is 2. The number of nitrogens with zero attached hydrogens (tertiary/aromatic N) is 5. The van der Waals surface area contributed by atoms with Crippen LogP contribution in [0.5, 0.6) is 0 Å². The number of non-ortho nitro benzene ring substituents is 1. The van der Waals surface area contributed by atoms with E-state index in [1.165, 1.54) is 44.2 Å². The van der Waals surface area contributed by atoms with Crippen molar-refractivity contribution in [1.29, 1.82) is 5.26 Å². The molecule has 0 fully saturated rings. The van der Waals surface area contributed by atoms with Crippen LogP contribution in [0.3, 0.4) is 0 Å². The summed E-state index contributed by atoms with van der Waals surface area (Å²) >= 11 is 6.07. The van der Waals surface area contributed by atoms with Crippen molar-refractivity contribution >= 4 is 57.9 Å². The Balaban J connectivity index is 2.52. The maximum Gasteiger partial charge on any atom is 0.325 e. The molecule has 0 aliphatic carbocycles. The number of nitro benzene ring substituents is 1. The number of carbonyl (C=O) groups is 3. The normalized spacial score (nSPS) is 10.4. The molecule has 2 aromatic rings. The van der Waals surface area contributed by atoms with Crippen molar-refractivity contribution < 1.29 is 28.8 Å². The number of nitro groups is 1. The van der Waals surface area contributed by atoms with Crippen molar-refractivity contribution in [3.63, 3.8) is 0 Å². The van der Waals surface area contributed by atoms with E-state index in [1.807, 2.05) is 0 Å². The maximum absolute atomic E-state index is 11.8. The van der Waals surface area contributed by atoms with Gasteiger partial charge in [0.1, 0.15) is 30.5 Å². The average Bonchev–Trinajstić information content (AvgIpc) is 2.82. The van der Waals surface area contributed by atoms with E-state index in [0.29, 0.717) is 5.69 Å². The first-order valence-corrected chi connectivity index (χ1v) is 10.1.